The molecule has 0 bridgehead atoms. The number of aliphatic carboxylic acids is 1. The van der Waals surface area contributed by atoms with Gasteiger partial charge >= 0.3 is 5.97 Å². The smallest absolute Gasteiger partial charge is 0.306 e. The molecule has 0 amide bonds. The van der Waals surface area contributed by atoms with E-state index >= 15 is 0 Å². The molecule has 17 heavy (non-hydrogen) atoms. The normalized spacial score (nSPS) is 12.4. The average molecular weight is 256 g/mol. The lowest BCUT2D eigenvalue weighted by atomic mass is 9.94. The van der Waals surface area contributed by atoms with E-state index in [0.717, 1.165) is 18.4 Å². The van der Waals surface area contributed by atoms with Crippen molar-refractivity contribution in [1.82, 2.24) is 0 Å². The molecule has 4 heteroatoms. The Morgan fingerprint density at radius 2 is 2.24 bits per heavy atom. The van der Waals surface area contributed by atoms with Crippen molar-refractivity contribution in [3.05, 3.63) is 28.8 Å². The molecule has 1 rings (SSSR count). The van der Waals surface area contributed by atoms with Gasteiger partial charge in [0.1, 0.15) is 0 Å². The lowest BCUT2D eigenvalue weighted by Crippen LogP contribution is -2.16. The molecule has 0 aliphatic carbocycles. The second-order valence-corrected chi connectivity index (χ2v) is 4.64. The highest BCUT2D eigenvalue weighted by molar-refractivity contribution is 6.33. The number of unbranched alkanes of at least 4 members (excludes halogenated alkanes) is 1. The molecule has 0 aliphatic rings. The fraction of sp³-hybridized carbons (Fsp3) is 0.462. The van der Waals surface area contributed by atoms with Gasteiger partial charge in [0.15, 0.2) is 0 Å². The first-order valence-corrected chi connectivity index (χ1v) is 6.19. The summed E-state index contributed by atoms with van der Waals surface area (Å²) >= 11 is 5.82. The summed E-state index contributed by atoms with van der Waals surface area (Å²) in [4.78, 5) is 11.1. The van der Waals surface area contributed by atoms with Crippen LogP contribution in [0.5, 0.6) is 0 Å². The Hall–Kier alpha value is -1.22. The molecule has 3 N–H and O–H groups in total. The molecular formula is C13H18ClNO2. The van der Waals surface area contributed by atoms with Crippen LogP contribution >= 0.6 is 11.6 Å². The quantitative estimate of drug-likeness (QED) is 0.766. The van der Waals surface area contributed by atoms with Gasteiger partial charge in [-0.05, 0) is 30.5 Å². The van der Waals surface area contributed by atoms with Crippen LogP contribution in [-0.4, -0.2) is 11.1 Å². The first kappa shape index (κ1) is 13.8. The van der Waals surface area contributed by atoms with E-state index in [1.807, 2.05) is 6.07 Å². The fourth-order valence-electron chi connectivity index (χ4n) is 1.77. The van der Waals surface area contributed by atoms with Crippen molar-refractivity contribution in [2.24, 2.45) is 5.92 Å². The molecule has 3 nitrogen and oxygen atoms in total. The number of carbonyl (C=O) groups is 1. The lowest BCUT2D eigenvalue weighted by molar-refractivity contribution is -0.141. The van der Waals surface area contributed by atoms with Crippen LogP contribution in [-0.2, 0) is 11.2 Å². The summed E-state index contributed by atoms with van der Waals surface area (Å²) in [6.45, 7) is 2.05. The molecule has 1 aromatic rings. The van der Waals surface area contributed by atoms with Gasteiger partial charge in [0.05, 0.1) is 16.6 Å². The van der Waals surface area contributed by atoms with E-state index in [1.54, 1.807) is 12.1 Å². The number of halogens is 1. The largest absolute Gasteiger partial charge is 0.481 e. The summed E-state index contributed by atoms with van der Waals surface area (Å²) in [7, 11) is 0. The number of rotatable bonds is 6. The number of carboxylic acids is 1. The van der Waals surface area contributed by atoms with E-state index in [2.05, 4.69) is 6.92 Å². The molecule has 1 aromatic carbocycles. The Bertz CT molecular complexity index is 393. The SMILES string of the molecule is CCCC[C@@H](Cc1ccc(Cl)c(N)c1)C(=O)O. The molecule has 0 radical (unpaired) electrons. The number of hydrogen-bond donors (Lipinski definition) is 2. The molecule has 94 valence electrons. The van der Waals surface area contributed by atoms with Crippen LogP contribution in [0, 0.1) is 5.92 Å². The number of anilines is 1. The van der Waals surface area contributed by atoms with Crippen LogP contribution in [0.15, 0.2) is 18.2 Å². The van der Waals surface area contributed by atoms with Crippen LogP contribution in [0.4, 0.5) is 5.69 Å². The predicted octanol–water partition coefficient (Wildman–Crippen LogP) is 3.36. The zero-order valence-electron chi connectivity index (χ0n) is 9.95. The van der Waals surface area contributed by atoms with Crippen LogP contribution in [0.3, 0.4) is 0 Å². The molecule has 0 heterocycles. The summed E-state index contributed by atoms with van der Waals surface area (Å²) in [6, 6.07) is 5.30. The van der Waals surface area contributed by atoms with E-state index < -0.39 is 5.97 Å². The van der Waals surface area contributed by atoms with Gasteiger partial charge in [0.25, 0.3) is 0 Å². The zero-order valence-corrected chi connectivity index (χ0v) is 10.7. The minimum absolute atomic E-state index is 0.337. The Morgan fingerprint density at radius 1 is 1.53 bits per heavy atom. The van der Waals surface area contributed by atoms with E-state index in [0.29, 0.717) is 23.6 Å². The van der Waals surface area contributed by atoms with Gasteiger partial charge in [-0.2, -0.15) is 0 Å². The molecule has 0 aromatic heterocycles. The van der Waals surface area contributed by atoms with E-state index in [1.165, 1.54) is 0 Å². The minimum atomic E-state index is -0.744. The van der Waals surface area contributed by atoms with E-state index in [9.17, 15) is 4.79 Å². The molecule has 0 spiro atoms. The summed E-state index contributed by atoms with van der Waals surface area (Å²) in [5.74, 6) is -1.08. The molecule has 0 fully saturated rings. The second-order valence-electron chi connectivity index (χ2n) is 4.24. The third-order valence-electron chi connectivity index (χ3n) is 2.80. The third kappa shape index (κ3) is 4.27. The summed E-state index contributed by atoms with van der Waals surface area (Å²) in [5, 5.41) is 9.64. The van der Waals surface area contributed by atoms with Crippen LogP contribution in [0.25, 0.3) is 0 Å². The molecule has 0 aliphatic heterocycles. The van der Waals surface area contributed by atoms with Gasteiger partial charge in [-0.1, -0.05) is 37.4 Å². The van der Waals surface area contributed by atoms with Crippen molar-refractivity contribution in [3.63, 3.8) is 0 Å². The first-order valence-electron chi connectivity index (χ1n) is 5.81. The van der Waals surface area contributed by atoms with Crippen LogP contribution in [0.2, 0.25) is 5.02 Å². The predicted molar refractivity (Wildman–Crippen MR) is 70.2 cm³/mol. The molecular weight excluding hydrogens is 238 g/mol. The van der Waals surface area contributed by atoms with Crippen molar-refractivity contribution in [3.8, 4) is 0 Å². The van der Waals surface area contributed by atoms with Crippen LogP contribution < -0.4 is 5.73 Å². The monoisotopic (exact) mass is 255 g/mol. The molecule has 0 unspecified atom stereocenters. The maximum atomic E-state index is 11.1. The summed E-state index contributed by atoms with van der Waals surface area (Å²) in [6.07, 6.45) is 3.15. The zero-order chi connectivity index (χ0) is 12.8. The van der Waals surface area contributed by atoms with Gasteiger partial charge < -0.3 is 10.8 Å². The van der Waals surface area contributed by atoms with Gasteiger partial charge in [-0.25, -0.2) is 0 Å². The maximum Gasteiger partial charge on any atom is 0.306 e. The highest BCUT2D eigenvalue weighted by atomic mass is 35.5. The summed E-state index contributed by atoms with van der Waals surface area (Å²) < 4.78 is 0. The number of nitrogen functional groups attached to an aromatic ring is 1. The molecule has 0 saturated heterocycles. The van der Waals surface area contributed by atoms with E-state index in [-0.39, 0.29) is 5.92 Å². The van der Waals surface area contributed by atoms with Crippen molar-refractivity contribution in [1.29, 1.82) is 0 Å². The highest BCUT2D eigenvalue weighted by Gasteiger charge is 2.17. The third-order valence-corrected chi connectivity index (χ3v) is 3.14. The van der Waals surface area contributed by atoms with Gasteiger partial charge in [0, 0.05) is 0 Å². The van der Waals surface area contributed by atoms with Gasteiger partial charge in [0.2, 0.25) is 0 Å². The molecule has 0 saturated carbocycles. The standard InChI is InChI=1S/C13H18ClNO2/c1-2-3-4-10(13(16)17)7-9-5-6-11(14)12(15)8-9/h5-6,8,10H,2-4,7,15H2,1H3,(H,16,17)/t10-/m0/s1. The van der Waals surface area contributed by atoms with Crippen molar-refractivity contribution in [2.75, 3.05) is 5.73 Å². The fourth-order valence-corrected chi connectivity index (χ4v) is 1.89. The number of benzene rings is 1. The number of hydrogen-bond acceptors (Lipinski definition) is 2. The van der Waals surface area contributed by atoms with Crippen molar-refractivity contribution in [2.45, 2.75) is 32.6 Å². The van der Waals surface area contributed by atoms with E-state index in [4.69, 9.17) is 22.4 Å². The highest BCUT2D eigenvalue weighted by Crippen LogP contribution is 2.22. The number of nitrogens with two attached hydrogens (primary N) is 1. The van der Waals surface area contributed by atoms with Gasteiger partial charge in [-0.15, -0.1) is 0 Å². The van der Waals surface area contributed by atoms with Crippen molar-refractivity contribution < 1.29 is 9.90 Å². The topological polar surface area (TPSA) is 63.3 Å². The Kier molecular flexibility index (Phi) is 5.29. The Balaban J connectivity index is 2.71. The van der Waals surface area contributed by atoms with Crippen molar-refractivity contribution >= 4 is 23.3 Å². The average Bonchev–Trinajstić information content (AvgIpc) is 2.28. The minimum Gasteiger partial charge on any atom is -0.481 e. The van der Waals surface area contributed by atoms with Gasteiger partial charge in [-0.3, -0.25) is 4.79 Å². The Labute approximate surface area is 107 Å². The Morgan fingerprint density at radius 3 is 2.76 bits per heavy atom. The van der Waals surface area contributed by atoms with Crippen LogP contribution in [0.1, 0.15) is 31.7 Å². The lowest BCUT2D eigenvalue weighted by Gasteiger charge is -2.12. The molecule has 1 atom stereocenters. The maximum absolute atomic E-state index is 11.1. The number of carboxylic acid groups (broad SMARTS) is 1. The summed E-state index contributed by atoms with van der Waals surface area (Å²) in [5.41, 5.74) is 7.12. The first-order chi connectivity index (χ1) is 8.04. The second kappa shape index (κ2) is 6.50.